The lowest BCUT2D eigenvalue weighted by atomic mass is 9.78. The van der Waals surface area contributed by atoms with Crippen LogP contribution in [0.3, 0.4) is 0 Å². The van der Waals surface area contributed by atoms with Gasteiger partial charge in [-0.15, -0.1) is 0 Å². The van der Waals surface area contributed by atoms with Crippen molar-refractivity contribution in [3.8, 4) is 61.4 Å². The lowest BCUT2D eigenvalue weighted by Crippen LogP contribution is -2.19. The molecule has 3 nitrogen and oxygen atoms in total. The molecule has 0 saturated heterocycles. The minimum atomic E-state index is 0.172. The highest BCUT2D eigenvalue weighted by atomic mass is 16.5. The van der Waals surface area contributed by atoms with E-state index >= 15 is 0 Å². The lowest BCUT2D eigenvalue weighted by molar-refractivity contribution is 0.415. The predicted octanol–water partition coefficient (Wildman–Crippen LogP) is 17.6. The van der Waals surface area contributed by atoms with Crippen LogP contribution in [0, 0.1) is 13.8 Å². The van der Waals surface area contributed by atoms with Crippen molar-refractivity contribution in [1.82, 2.24) is 0 Å². The highest BCUT2D eigenvalue weighted by molar-refractivity contribution is 6.26. The zero-order valence-electron chi connectivity index (χ0n) is 38.8. The van der Waals surface area contributed by atoms with Gasteiger partial charge >= 0.3 is 0 Å². The van der Waals surface area contributed by atoms with Gasteiger partial charge in [0.2, 0.25) is 0 Å². The van der Waals surface area contributed by atoms with Crippen LogP contribution in [0.15, 0.2) is 218 Å². The molecule has 12 rings (SSSR count). The molecule has 0 spiro atoms. The maximum atomic E-state index is 5.58. The molecule has 328 valence electrons. The molecule has 0 fully saturated rings. The number of benzene rings is 10. The molecule has 10 aromatic rings. The first-order valence-corrected chi connectivity index (χ1v) is 24.0. The van der Waals surface area contributed by atoms with E-state index in [9.17, 15) is 0 Å². The zero-order valence-corrected chi connectivity index (χ0v) is 38.8. The molecule has 0 bridgehead atoms. The van der Waals surface area contributed by atoms with Gasteiger partial charge in [0.15, 0.2) is 0 Å². The zero-order chi connectivity index (χ0) is 45.7. The number of hydrogen-bond donors (Lipinski definition) is 0. The first-order valence-electron chi connectivity index (χ1n) is 24.0. The van der Waals surface area contributed by atoms with Crippen LogP contribution >= 0.6 is 0 Å². The van der Waals surface area contributed by atoms with Crippen molar-refractivity contribution in [1.29, 1.82) is 0 Å². The minimum Gasteiger partial charge on any atom is -0.497 e. The molecule has 0 aliphatic heterocycles. The number of ether oxygens (including phenoxy) is 1. The summed E-state index contributed by atoms with van der Waals surface area (Å²) in [7, 11) is 1.73. The van der Waals surface area contributed by atoms with Gasteiger partial charge in [0.1, 0.15) is 5.75 Å². The van der Waals surface area contributed by atoms with Gasteiger partial charge < -0.3 is 14.5 Å². The Balaban J connectivity index is 1.10. The molecule has 0 amide bonds. The second-order valence-electron chi connectivity index (χ2n) is 18.3. The van der Waals surface area contributed by atoms with Gasteiger partial charge in [-0.2, -0.15) is 0 Å². The van der Waals surface area contributed by atoms with Crippen LogP contribution in [0.2, 0.25) is 0 Å². The van der Waals surface area contributed by atoms with E-state index in [1.165, 1.54) is 100 Å². The number of methoxy groups -OCH3 is 1. The van der Waals surface area contributed by atoms with Crippen LogP contribution in [0.4, 0.5) is 28.4 Å². The number of hydrogen-bond acceptors (Lipinski definition) is 3. The Morgan fingerprint density at radius 1 is 0.426 bits per heavy atom. The van der Waals surface area contributed by atoms with Crippen LogP contribution < -0.4 is 14.5 Å². The first-order chi connectivity index (χ1) is 33.6. The molecule has 3 heteroatoms. The summed E-state index contributed by atoms with van der Waals surface area (Å²) in [6, 6.07) is 80.4. The Labute approximate surface area is 400 Å². The fourth-order valence-corrected chi connectivity index (χ4v) is 11.5. The van der Waals surface area contributed by atoms with Crippen molar-refractivity contribution in [2.75, 3.05) is 23.5 Å². The average molecular weight is 877 g/mol. The molecular formula is C65H52N2O. The monoisotopic (exact) mass is 876 g/mol. The summed E-state index contributed by atoms with van der Waals surface area (Å²) < 4.78 is 5.58. The van der Waals surface area contributed by atoms with Crippen molar-refractivity contribution >= 4 is 39.2 Å². The smallest absolute Gasteiger partial charge is 0.119 e. The van der Waals surface area contributed by atoms with Gasteiger partial charge in [0.05, 0.1) is 12.8 Å². The van der Waals surface area contributed by atoms with E-state index in [4.69, 9.17) is 4.74 Å². The number of fused-ring (bicyclic) bond motifs is 6. The quantitative estimate of drug-likeness (QED) is 0.122. The Bertz CT molecular complexity index is 3460. The van der Waals surface area contributed by atoms with Crippen LogP contribution in [0.25, 0.3) is 66.4 Å². The second kappa shape index (κ2) is 17.3. The molecular weight excluding hydrogens is 825 g/mol. The summed E-state index contributed by atoms with van der Waals surface area (Å²) in [6.07, 6.45) is 1.97. The summed E-state index contributed by atoms with van der Waals surface area (Å²) >= 11 is 0. The number of rotatable bonds is 12. The van der Waals surface area contributed by atoms with E-state index in [-0.39, 0.29) is 5.92 Å². The van der Waals surface area contributed by atoms with E-state index in [1.54, 1.807) is 7.11 Å². The van der Waals surface area contributed by atoms with Crippen molar-refractivity contribution in [2.24, 2.45) is 0 Å². The molecule has 0 radical (unpaired) electrons. The molecule has 10 aromatic carbocycles. The number of aryl methyl sites for hydroxylation is 2. The van der Waals surface area contributed by atoms with Crippen molar-refractivity contribution < 1.29 is 4.74 Å². The van der Waals surface area contributed by atoms with Crippen LogP contribution in [0.5, 0.6) is 5.75 Å². The molecule has 0 N–H and O–H groups in total. The van der Waals surface area contributed by atoms with Gasteiger partial charge in [-0.25, -0.2) is 0 Å². The Morgan fingerprint density at radius 2 is 0.971 bits per heavy atom. The number of para-hydroxylation sites is 2. The van der Waals surface area contributed by atoms with E-state index in [1.807, 2.05) is 0 Å². The maximum Gasteiger partial charge on any atom is 0.119 e. The Kier molecular flexibility index (Phi) is 10.5. The normalized spacial score (nSPS) is 13.0. The Hall–Kier alpha value is -8.14. The van der Waals surface area contributed by atoms with Crippen LogP contribution in [0.1, 0.15) is 41.0 Å². The molecule has 68 heavy (non-hydrogen) atoms. The SMILES string of the molecule is COc1ccc(N(CCCC2c3c(C)cccc3-c3c(-c4ccccc4)c4c(c(-c5ccccc5)c32)-c2cccc3c(N(c5ccccc5)c5ccc(C)cc5)ccc-4c23)c2ccccc2)cc1. The van der Waals surface area contributed by atoms with Gasteiger partial charge in [0, 0.05) is 40.6 Å². The predicted molar refractivity (Wildman–Crippen MR) is 286 cm³/mol. The number of anilines is 5. The summed E-state index contributed by atoms with van der Waals surface area (Å²) in [4.78, 5) is 4.90. The van der Waals surface area contributed by atoms with Crippen molar-refractivity contribution in [2.45, 2.75) is 32.6 Å². The van der Waals surface area contributed by atoms with Gasteiger partial charge in [-0.3, -0.25) is 0 Å². The Morgan fingerprint density at radius 3 is 1.65 bits per heavy atom. The molecule has 1 unspecified atom stereocenters. The second-order valence-corrected chi connectivity index (χ2v) is 18.3. The van der Waals surface area contributed by atoms with Gasteiger partial charge in [0.25, 0.3) is 0 Å². The van der Waals surface area contributed by atoms with Gasteiger partial charge in [-0.05, 0) is 171 Å². The summed E-state index contributed by atoms with van der Waals surface area (Å²) in [5.74, 6) is 1.03. The third-order valence-corrected chi connectivity index (χ3v) is 14.4. The summed E-state index contributed by atoms with van der Waals surface area (Å²) in [6.45, 7) is 5.35. The highest BCUT2D eigenvalue weighted by Crippen LogP contribution is 2.64. The standard InChI is InChI=1S/C65H52N2O/c1-43-32-34-50(35-33-43)67(49-26-14-7-15-27-49)57-41-40-56-61-52(57)28-17-30-55(61)64-59(45-20-8-4-9-21-45)63-54(31-18-42-66(47-24-12-6-13-25-47)48-36-38-51(68-3)39-37-48)58-44(2)19-16-29-53(58)62(63)60(65(56)64)46-22-10-5-11-23-46/h4-17,19-30,32-41,54H,18,31,42H2,1-3H3. The van der Waals surface area contributed by atoms with Crippen LogP contribution in [-0.4, -0.2) is 13.7 Å². The largest absolute Gasteiger partial charge is 0.497 e. The molecule has 0 aromatic heterocycles. The van der Waals surface area contributed by atoms with Crippen molar-refractivity contribution in [3.05, 3.63) is 241 Å². The molecule has 2 aliphatic rings. The summed E-state index contributed by atoms with van der Waals surface area (Å²) in [5.41, 5.74) is 24.5. The van der Waals surface area contributed by atoms with E-state index < -0.39 is 0 Å². The molecule has 0 saturated carbocycles. The fourth-order valence-electron chi connectivity index (χ4n) is 11.5. The molecule has 0 heterocycles. The summed E-state index contributed by atoms with van der Waals surface area (Å²) in [5, 5.41) is 2.55. The third-order valence-electron chi connectivity index (χ3n) is 14.4. The van der Waals surface area contributed by atoms with E-state index in [0.29, 0.717) is 0 Å². The molecule has 2 aliphatic carbocycles. The topological polar surface area (TPSA) is 15.7 Å². The average Bonchev–Trinajstić information content (AvgIpc) is 3.91. The van der Waals surface area contributed by atoms with Gasteiger partial charge in [-0.1, -0.05) is 157 Å². The fraction of sp³-hybridized carbons (Fsp3) is 0.108. The lowest BCUT2D eigenvalue weighted by Gasteiger charge is -2.28. The maximum absolute atomic E-state index is 5.58. The molecule has 1 atom stereocenters. The van der Waals surface area contributed by atoms with E-state index in [0.717, 1.165) is 42.2 Å². The highest BCUT2D eigenvalue weighted by Gasteiger charge is 2.41. The minimum absolute atomic E-state index is 0.172. The van der Waals surface area contributed by atoms with Crippen LogP contribution in [-0.2, 0) is 0 Å². The third kappa shape index (κ3) is 6.88. The van der Waals surface area contributed by atoms with Crippen molar-refractivity contribution in [3.63, 3.8) is 0 Å². The first kappa shape index (κ1) is 41.3. The van der Waals surface area contributed by atoms with E-state index in [2.05, 4.69) is 242 Å². The number of nitrogens with zero attached hydrogens (tertiary/aromatic N) is 2.